The Labute approximate surface area is 181 Å². The number of carbonyl (C=O) groups excluding carboxylic acids is 2. The molecule has 2 aromatic rings. The second kappa shape index (κ2) is 9.39. The Hall–Kier alpha value is -2.73. The number of ether oxygens (including phenoxy) is 2. The molecule has 30 heavy (non-hydrogen) atoms. The van der Waals surface area contributed by atoms with Crippen LogP contribution in [0.4, 0.5) is 0 Å². The molecular weight excluding hydrogens is 404 g/mol. The van der Waals surface area contributed by atoms with Gasteiger partial charge in [-0.25, -0.2) is 0 Å². The van der Waals surface area contributed by atoms with E-state index >= 15 is 0 Å². The summed E-state index contributed by atoms with van der Waals surface area (Å²) >= 11 is 5.98. The smallest absolute Gasteiger partial charge is 0.258 e. The average molecular weight is 431 g/mol. The van der Waals surface area contributed by atoms with Crippen molar-refractivity contribution >= 4 is 23.4 Å². The Morgan fingerprint density at radius 3 is 2.40 bits per heavy atom. The van der Waals surface area contributed by atoms with Crippen LogP contribution in [0.1, 0.15) is 42.6 Å². The Morgan fingerprint density at radius 2 is 1.80 bits per heavy atom. The van der Waals surface area contributed by atoms with E-state index in [-0.39, 0.29) is 29.9 Å². The number of halogens is 1. The number of benzene rings is 2. The van der Waals surface area contributed by atoms with E-state index in [0.29, 0.717) is 28.6 Å². The number of hydrogen-bond donors (Lipinski definition) is 2. The van der Waals surface area contributed by atoms with Gasteiger partial charge in [-0.05, 0) is 62.6 Å². The first-order valence-corrected chi connectivity index (χ1v) is 10.4. The summed E-state index contributed by atoms with van der Waals surface area (Å²) in [5.74, 6) is 0.412. The van der Waals surface area contributed by atoms with Gasteiger partial charge >= 0.3 is 0 Å². The van der Waals surface area contributed by atoms with Crippen molar-refractivity contribution < 1.29 is 19.1 Å². The van der Waals surface area contributed by atoms with Gasteiger partial charge in [-0.15, -0.1) is 0 Å². The zero-order valence-electron chi connectivity index (χ0n) is 17.5. The zero-order valence-corrected chi connectivity index (χ0v) is 18.2. The summed E-state index contributed by atoms with van der Waals surface area (Å²) in [5, 5.41) is 6.49. The van der Waals surface area contributed by atoms with Crippen molar-refractivity contribution in [3.8, 4) is 11.5 Å². The fourth-order valence-electron chi connectivity index (χ4n) is 3.31. The molecular formula is C23H27ClN2O4. The lowest BCUT2D eigenvalue weighted by atomic mass is 9.96. The van der Waals surface area contributed by atoms with Crippen LogP contribution in [0.25, 0.3) is 0 Å². The van der Waals surface area contributed by atoms with E-state index in [1.807, 2.05) is 38.1 Å². The third-order valence-corrected chi connectivity index (χ3v) is 5.38. The molecule has 1 saturated carbocycles. The minimum absolute atomic E-state index is 0.0167. The van der Waals surface area contributed by atoms with Crippen LogP contribution in [0.15, 0.2) is 42.5 Å². The van der Waals surface area contributed by atoms with Crippen LogP contribution < -0.4 is 20.1 Å². The second-order valence-electron chi connectivity index (χ2n) is 7.85. The van der Waals surface area contributed by atoms with Gasteiger partial charge in [0.25, 0.3) is 11.8 Å². The lowest BCUT2D eigenvalue weighted by Crippen LogP contribution is -2.34. The molecule has 3 rings (SSSR count). The van der Waals surface area contributed by atoms with Gasteiger partial charge in [-0.1, -0.05) is 23.7 Å². The van der Waals surface area contributed by atoms with E-state index < -0.39 is 0 Å². The molecule has 0 bridgehead atoms. The molecule has 6 nitrogen and oxygen atoms in total. The molecule has 0 unspecified atom stereocenters. The fourth-order valence-corrected chi connectivity index (χ4v) is 3.43. The summed E-state index contributed by atoms with van der Waals surface area (Å²) in [4.78, 5) is 24.5. The number of amides is 2. The van der Waals surface area contributed by atoms with Gasteiger partial charge in [0.05, 0.1) is 7.11 Å². The SMILES string of the molecule is COc1cc(C(=O)NCC2(c3ccc(Cl)cc3)CC2)ccc1OCC(=O)NC(C)C. The molecule has 1 aliphatic rings. The monoisotopic (exact) mass is 430 g/mol. The van der Waals surface area contributed by atoms with Crippen molar-refractivity contribution in [1.82, 2.24) is 10.6 Å². The maximum Gasteiger partial charge on any atom is 0.258 e. The molecule has 2 aromatic carbocycles. The highest BCUT2D eigenvalue weighted by Crippen LogP contribution is 2.47. The number of carbonyl (C=O) groups is 2. The highest BCUT2D eigenvalue weighted by molar-refractivity contribution is 6.30. The van der Waals surface area contributed by atoms with Crippen LogP contribution in [0.3, 0.4) is 0 Å². The van der Waals surface area contributed by atoms with Crippen LogP contribution in [0, 0.1) is 0 Å². The molecule has 0 radical (unpaired) electrons. The van der Waals surface area contributed by atoms with Crippen molar-refractivity contribution in [3.63, 3.8) is 0 Å². The summed E-state index contributed by atoms with van der Waals surface area (Å²) in [7, 11) is 1.50. The van der Waals surface area contributed by atoms with Crippen LogP contribution in [0.2, 0.25) is 5.02 Å². The zero-order chi connectivity index (χ0) is 21.7. The predicted molar refractivity (Wildman–Crippen MR) is 116 cm³/mol. The Bertz CT molecular complexity index is 908. The van der Waals surface area contributed by atoms with Gasteiger partial charge < -0.3 is 20.1 Å². The number of methoxy groups -OCH3 is 1. The molecule has 0 atom stereocenters. The minimum atomic E-state index is -0.217. The quantitative estimate of drug-likeness (QED) is 0.635. The van der Waals surface area contributed by atoms with E-state index in [9.17, 15) is 9.59 Å². The summed E-state index contributed by atoms with van der Waals surface area (Å²) in [5.41, 5.74) is 1.64. The van der Waals surface area contributed by atoms with Crippen LogP contribution in [0.5, 0.6) is 11.5 Å². The molecule has 0 heterocycles. The van der Waals surface area contributed by atoms with Crippen LogP contribution in [-0.4, -0.2) is 38.1 Å². The number of nitrogens with one attached hydrogen (secondary N) is 2. The highest BCUT2D eigenvalue weighted by atomic mass is 35.5. The van der Waals surface area contributed by atoms with Gasteiger partial charge in [-0.2, -0.15) is 0 Å². The lowest BCUT2D eigenvalue weighted by Gasteiger charge is -2.17. The average Bonchev–Trinajstić information content (AvgIpc) is 3.51. The first-order valence-electron chi connectivity index (χ1n) is 9.97. The maximum absolute atomic E-state index is 12.7. The van der Waals surface area contributed by atoms with Crippen molar-refractivity contribution in [2.45, 2.75) is 38.1 Å². The van der Waals surface area contributed by atoms with Crippen molar-refractivity contribution in [2.75, 3.05) is 20.3 Å². The summed E-state index contributed by atoms with van der Waals surface area (Å²) in [6.07, 6.45) is 2.06. The van der Waals surface area contributed by atoms with Gasteiger partial charge in [0.2, 0.25) is 0 Å². The van der Waals surface area contributed by atoms with Crippen molar-refractivity contribution in [2.24, 2.45) is 0 Å². The Morgan fingerprint density at radius 1 is 1.10 bits per heavy atom. The lowest BCUT2D eigenvalue weighted by molar-refractivity contribution is -0.123. The second-order valence-corrected chi connectivity index (χ2v) is 8.28. The van der Waals surface area contributed by atoms with Gasteiger partial charge in [0.1, 0.15) is 0 Å². The molecule has 7 heteroatoms. The standard InChI is InChI=1S/C23H27ClN2O4/c1-15(2)26-21(27)13-30-19-9-4-16(12-20(19)29-3)22(28)25-14-23(10-11-23)17-5-7-18(24)8-6-17/h4-9,12,15H,10-11,13-14H2,1-3H3,(H,25,28)(H,26,27). The molecule has 1 fully saturated rings. The predicted octanol–water partition coefficient (Wildman–Crippen LogP) is 3.71. The topological polar surface area (TPSA) is 76.7 Å². The van der Waals surface area contributed by atoms with E-state index in [0.717, 1.165) is 12.8 Å². The van der Waals surface area contributed by atoms with Gasteiger partial charge in [0.15, 0.2) is 18.1 Å². The van der Waals surface area contributed by atoms with Crippen molar-refractivity contribution in [1.29, 1.82) is 0 Å². The Kier molecular flexibility index (Phi) is 6.87. The largest absolute Gasteiger partial charge is 0.493 e. The molecule has 2 N–H and O–H groups in total. The normalized spacial score (nSPS) is 14.2. The molecule has 0 aromatic heterocycles. The van der Waals surface area contributed by atoms with Crippen molar-refractivity contribution in [3.05, 3.63) is 58.6 Å². The summed E-state index contributed by atoms with van der Waals surface area (Å²) in [6.45, 7) is 4.20. The maximum atomic E-state index is 12.7. The third-order valence-electron chi connectivity index (χ3n) is 5.13. The molecule has 2 amide bonds. The molecule has 0 saturated heterocycles. The minimum Gasteiger partial charge on any atom is -0.493 e. The van der Waals surface area contributed by atoms with Gasteiger partial charge in [-0.3, -0.25) is 9.59 Å². The van der Waals surface area contributed by atoms with E-state index in [2.05, 4.69) is 10.6 Å². The third kappa shape index (κ3) is 5.45. The summed E-state index contributed by atoms with van der Waals surface area (Å²) in [6, 6.07) is 12.8. The molecule has 0 aliphatic heterocycles. The fraction of sp³-hybridized carbons (Fsp3) is 0.391. The number of hydrogen-bond acceptors (Lipinski definition) is 4. The summed E-state index contributed by atoms with van der Waals surface area (Å²) < 4.78 is 10.9. The highest BCUT2D eigenvalue weighted by Gasteiger charge is 2.44. The van der Waals surface area contributed by atoms with E-state index in [4.69, 9.17) is 21.1 Å². The first kappa shape index (κ1) is 22.0. The Balaban J connectivity index is 1.61. The molecule has 160 valence electrons. The van der Waals surface area contributed by atoms with E-state index in [1.54, 1.807) is 18.2 Å². The molecule has 0 spiro atoms. The van der Waals surface area contributed by atoms with Crippen LogP contribution >= 0.6 is 11.6 Å². The number of rotatable bonds is 9. The molecule has 1 aliphatic carbocycles. The van der Waals surface area contributed by atoms with E-state index in [1.165, 1.54) is 12.7 Å². The first-order chi connectivity index (χ1) is 14.3. The van der Waals surface area contributed by atoms with Crippen LogP contribution in [-0.2, 0) is 10.2 Å². The van der Waals surface area contributed by atoms with Gasteiger partial charge in [0, 0.05) is 28.6 Å².